The van der Waals surface area contributed by atoms with E-state index in [0.29, 0.717) is 5.56 Å². The maximum Gasteiger partial charge on any atom is 0.141 e. The van der Waals surface area contributed by atoms with Gasteiger partial charge in [0.2, 0.25) is 0 Å². The van der Waals surface area contributed by atoms with E-state index in [9.17, 15) is 4.39 Å². The van der Waals surface area contributed by atoms with Crippen LogP contribution in [-0.4, -0.2) is 10.2 Å². The van der Waals surface area contributed by atoms with Gasteiger partial charge in [-0.15, -0.1) is 0 Å². The summed E-state index contributed by atoms with van der Waals surface area (Å²) in [6.45, 7) is 1.83. The third-order valence-corrected chi connectivity index (χ3v) is 2.25. The number of H-pyrrole nitrogens is 1. The van der Waals surface area contributed by atoms with Crippen molar-refractivity contribution in [2.75, 3.05) is 0 Å². The molecule has 2 aromatic rings. The Balaban J connectivity index is 2.70. The topological polar surface area (TPSA) is 52.5 Å². The van der Waals surface area contributed by atoms with Crippen LogP contribution in [0.3, 0.4) is 0 Å². The predicted octanol–water partition coefficient (Wildman–Crippen LogP) is 2.40. The first-order chi connectivity index (χ1) is 7.24. The van der Waals surface area contributed by atoms with Crippen LogP contribution in [0.2, 0.25) is 0 Å². The number of halogens is 1. The number of nitriles is 1. The van der Waals surface area contributed by atoms with E-state index in [1.807, 2.05) is 13.0 Å². The quantitative estimate of drug-likeness (QED) is 0.770. The predicted molar refractivity (Wildman–Crippen MR) is 53.4 cm³/mol. The van der Waals surface area contributed by atoms with Gasteiger partial charge in [-0.1, -0.05) is 12.1 Å². The van der Waals surface area contributed by atoms with Gasteiger partial charge in [0.05, 0.1) is 11.8 Å². The fourth-order valence-electron chi connectivity index (χ4n) is 1.48. The van der Waals surface area contributed by atoms with Crippen LogP contribution in [0.5, 0.6) is 0 Å². The fourth-order valence-corrected chi connectivity index (χ4v) is 1.48. The van der Waals surface area contributed by atoms with Crippen LogP contribution in [0.4, 0.5) is 4.39 Å². The Morgan fingerprint density at radius 2 is 2.20 bits per heavy atom. The molecule has 1 aromatic carbocycles. The van der Waals surface area contributed by atoms with Gasteiger partial charge in [0.25, 0.3) is 0 Å². The standard InChI is InChI=1S/C11H8FN3/c1-7-10(6-14-15-7)8-3-2-4-11(12)9(8)5-13/h2-4,6H,1H3,(H,14,15). The van der Waals surface area contributed by atoms with E-state index in [1.165, 1.54) is 6.07 Å². The Morgan fingerprint density at radius 3 is 2.80 bits per heavy atom. The highest BCUT2D eigenvalue weighted by molar-refractivity contribution is 5.71. The number of benzene rings is 1. The van der Waals surface area contributed by atoms with Crippen molar-refractivity contribution < 1.29 is 4.39 Å². The van der Waals surface area contributed by atoms with Crippen molar-refractivity contribution >= 4 is 0 Å². The Morgan fingerprint density at radius 1 is 1.40 bits per heavy atom. The van der Waals surface area contributed by atoms with Gasteiger partial charge in [0, 0.05) is 16.8 Å². The van der Waals surface area contributed by atoms with E-state index < -0.39 is 5.82 Å². The molecule has 0 saturated carbocycles. The molecule has 1 aromatic heterocycles. The number of nitrogens with one attached hydrogen (secondary N) is 1. The maximum absolute atomic E-state index is 13.3. The Kier molecular flexibility index (Phi) is 2.22. The first kappa shape index (κ1) is 9.41. The molecular weight excluding hydrogens is 193 g/mol. The van der Waals surface area contributed by atoms with E-state index >= 15 is 0 Å². The highest BCUT2D eigenvalue weighted by atomic mass is 19.1. The van der Waals surface area contributed by atoms with Crippen molar-refractivity contribution in [1.82, 2.24) is 10.2 Å². The van der Waals surface area contributed by atoms with Gasteiger partial charge in [0.1, 0.15) is 11.9 Å². The first-order valence-electron chi connectivity index (χ1n) is 4.43. The summed E-state index contributed by atoms with van der Waals surface area (Å²) >= 11 is 0. The third-order valence-electron chi connectivity index (χ3n) is 2.25. The normalized spacial score (nSPS) is 9.93. The summed E-state index contributed by atoms with van der Waals surface area (Å²) in [5.74, 6) is -0.504. The minimum Gasteiger partial charge on any atom is -0.282 e. The largest absolute Gasteiger partial charge is 0.282 e. The monoisotopic (exact) mass is 201 g/mol. The zero-order valence-corrected chi connectivity index (χ0v) is 8.08. The minimum absolute atomic E-state index is 0.0574. The molecule has 0 aliphatic heterocycles. The van der Waals surface area contributed by atoms with Gasteiger partial charge in [-0.3, -0.25) is 5.10 Å². The smallest absolute Gasteiger partial charge is 0.141 e. The lowest BCUT2D eigenvalue weighted by Crippen LogP contribution is -1.89. The molecule has 15 heavy (non-hydrogen) atoms. The molecule has 3 nitrogen and oxygen atoms in total. The molecule has 1 heterocycles. The molecule has 0 aliphatic carbocycles. The SMILES string of the molecule is Cc1[nH]ncc1-c1cccc(F)c1C#N. The molecule has 0 saturated heterocycles. The van der Waals surface area contributed by atoms with Gasteiger partial charge < -0.3 is 0 Å². The van der Waals surface area contributed by atoms with Crippen LogP contribution in [0, 0.1) is 24.1 Å². The summed E-state index contributed by atoms with van der Waals surface area (Å²) in [6, 6.07) is 6.43. The number of nitrogens with zero attached hydrogens (tertiary/aromatic N) is 2. The summed E-state index contributed by atoms with van der Waals surface area (Å²) in [6.07, 6.45) is 1.59. The van der Waals surface area contributed by atoms with Crippen LogP contribution in [0.25, 0.3) is 11.1 Å². The second-order valence-corrected chi connectivity index (χ2v) is 3.18. The number of hydrogen-bond acceptors (Lipinski definition) is 2. The summed E-state index contributed by atoms with van der Waals surface area (Å²) in [5.41, 5.74) is 2.20. The molecule has 0 spiro atoms. The fraction of sp³-hybridized carbons (Fsp3) is 0.0909. The second-order valence-electron chi connectivity index (χ2n) is 3.18. The zero-order chi connectivity index (χ0) is 10.8. The molecule has 4 heteroatoms. The minimum atomic E-state index is -0.504. The van der Waals surface area contributed by atoms with Gasteiger partial charge in [-0.05, 0) is 13.0 Å². The summed E-state index contributed by atoms with van der Waals surface area (Å²) in [5, 5.41) is 15.5. The summed E-state index contributed by atoms with van der Waals surface area (Å²) < 4.78 is 13.3. The molecule has 0 unspecified atom stereocenters. The van der Waals surface area contributed by atoms with E-state index in [2.05, 4.69) is 10.2 Å². The number of rotatable bonds is 1. The molecule has 74 valence electrons. The summed E-state index contributed by atoms with van der Waals surface area (Å²) in [7, 11) is 0. The Bertz CT molecular complexity index is 537. The third kappa shape index (κ3) is 1.48. The first-order valence-corrected chi connectivity index (χ1v) is 4.43. The van der Waals surface area contributed by atoms with Crippen molar-refractivity contribution in [1.29, 1.82) is 5.26 Å². The van der Waals surface area contributed by atoms with Crippen molar-refractivity contribution in [2.24, 2.45) is 0 Å². The average molecular weight is 201 g/mol. The highest BCUT2D eigenvalue weighted by Crippen LogP contribution is 2.26. The Labute approximate surface area is 86.2 Å². The molecule has 0 radical (unpaired) electrons. The van der Waals surface area contributed by atoms with Gasteiger partial charge in [0.15, 0.2) is 0 Å². The van der Waals surface area contributed by atoms with Crippen molar-refractivity contribution in [2.45, 2.75) is 6.92 Å². The van der Waals surface area contributed by atoms with Crippen LogP contribution in [0.15, 0.2) is 24.4 Å². The number of aromatic amines is 1. The molecule has 0 aliphatic rings. The maximum atomic E-state index is 13.3. The van der Waals surface area contributed by atoms with Gasteiger partial charge in [-0.25, -0.2) is 4.39 Å². The molecule has 0 amide bonds. The Hall–Kier alpha value is -2.15. The van der Waals surface area contributed by atoms with Crippen LogP contribution in [-0.2, 0) is 0 Å². The molecule has 1 N–H and O–H groups in total. The van der Waals surface area contributed by atoms with E-state index in [0.717, 1.165) is 11.3 Å². The van der Waals surface area contributed by atoms with Crippen LogP contribution < -0.4 is 0 Å². The van der Waals surface area contributed by atoms with Crippen molar-refractivity contribution in [3.8, 4) is 17.2 Å². The van der Waals surface area contributed by atoms with Gasteiger partial charge in [-0.2, -0.15) is 10.4 Å². The zero-order valence-electron chi connectivity index (χ0n) is 8.08. The van der Waals surface area contributed by atoms with Crippen LogP contribution >= 0.6 is 0 Å². The lowest BCUT2D eigenvalue weighted by atomic mass is 10.0. The highest BCUT2D eigenvalue weighted by Gasteiger charge is 2.12. The van der Waals surface area contributed by atoms with E-state index in [4.69, 9.17) is 5.26 Å². The molecule has 0 fully saturated rings. The van der Waals surface area contributed by atoms with Crippen molar-refractivity contribution in [3.63, 3.8) is 0 Å². The molecule has 0 bridgehead atoms. The number of aryl methyl sites for hydroxylation is 1. The molecular formula is C11H8FN3. The number of hydrogen-bond donors (Lipinski definition) is 1. The number of aromatic nitrogens is 2. The molecule has 2 rings (SSSR count). The van der Waals surface area contributed by atoms with Crippen LogP contribution in [0.1, 0.15) is 11.3 Å². The lowest BCUT2D eigenvalue weighted by molar-refractivity contribution is 0.624. The van der Waals surface area contributed by atoms with E-state index in [1.54, 1.807) is 18.3 Å². The van der Waals surface area contributed by atoms with Crippen molar-refractivity contribution in [3.05, 3.63) is 41.5 Å². The van der Waals surface area contributed by atoms with Gasteiger partial charge >= 0.3 is 0 Å². The second kappa shape index (κ2) is 3.54. The van der Waals surface area contributed by atoms with E-state index in [-0.39, 0.29) is 5.56 Å². The lowest BCUT2D eigenvalue weighted by Gasteiger charge is -2.02. The average Bonchev–Trinajstić information content (AvgIpc) is 2.64. The summed E-state index contributed by atoms with van der Waals surface area (Å²) in [4.78, 5) is 0. The molecule has 0 atom stereocenters.